The van der Waals surface area contributed by atoms with Crippen LogP contribution in [0.1, 0.15) is 44.9 Å². The number of rotatable bonds is 5. The van der Waals surface area contributed by atoms with Crippen LogP contribution in [-0.4, -0.2) is 18.2 Å². The summed E-state index contributed by atoms with van der Waals surface area (Å²) in [6.07, 6.45) is -0.519. The molecule has 3 nitrogen and oxygen atoms in total. The lowest BCUT2D eigenvalue weighted by atomic mass is 10.0. The molecule has 0 bridgehead atoms. The van der Waals surface area contributed by atoms with Crippen LogP contribution < -0.4 is 4.90 Å². The Hall–Kier alpha value is -1.53. The molecule has 0 saturated heterocycles. The molecule has 3 heteroatoms. The molecule has 0 saturated carbocycles. The summed E-state index contributed by atoms with van der Waals surface area (Å²) in [6.45, 7) is 9.97. The molecule has 0 aliphatic carbocycles. The van der Waals surface area contributed by atoms with Gasteiger partial charge in [-0.3, -0.25) is 0 Å². The van der Waals surface area contributed by atoms with Crippen molar-refractivity contribution in [2.75, 3.05) is 18.0 Å². The van der Waals surface area contributed by atoms with E-state index >= 15 is 0 Å². The Morgan fingerprint density at radius 3 is 2.44 bits per heavy atom. The van der Waals surface area contributed by atoms with Gasteiger partial charge in [0.05, 0.1) is 17.7 Å². The van der Waals surface area contributed by atoms with Crippen molar-refractivity contribution < 1.29 is 5.11 Å². The van der Waals surface area contributed by atoms with Gasteiger partial charge in [-0.25, -0.2) is 0 Å². The van der Waals surface area contributed by atoms with Crippen molar-refractivity contribution in [1.29, 1.82) is 5.26 Å². The summed E-state index contributed by atoms with van der Waals surface area (Å²) in [5.41, 5.74) is 2.49. The minimum Gasteiger partial charge on any atom is -0.389 e. The van der Waals surface area contributed by atoms with Gasteiger partial charge in [0, 0.05) is 24.3 Å². The summed E-state index contributed by atoms with van der Waals surface area (Å²) >= 11 is 0. The highest BCUT2D eigenvalue weighted by atomic mass is 16.3. The van der Waals surface area contributed by atoms with Crippen molar-refractivity contribution in [2.24, 2.45) is 5.92 Å². The molecule has 0 unspecified atom stereocenters. The first-order valence-corrected chi connectivity index (χ1v) is 6.46. The van der Waals surface area contributed by atoms with Crippen LogP contribution in [0.25, 0.3) is 0 Å². The van der Waals surface area contributed by atoms with Gasteiger partial charge in [0.2, 0.25) is 0 Å². The van der Waals surface area contributed by atoms with Crippen LogP contribution in [0.5, 0.6) is 0 Å². The zero-order valence-electron chi connectivity index (χ0n) is 11.6. The Morgan fingerprint density at radius 2 is 2.00 bits per heavy atom. The predicted molar refractivity (Wildman–Crippen MR) is 74.5 cm³/mol. The molecular weight excluding hydrogens is 224 g/mol. The van der Waals surface area contributed by atoms with Crippen molar-refractivity contribution in [2.45, 2.75) is 33.8 Å². The van der Waals surface area contributed by atoms with Crippen LogP contribution in [0.4, 0.5) is 5.69 Å². The van der Waals surface area contributed by atoms with Crippen molar-refractivity contribution >= 4 is 5.69 Å². The summed E-state index contributed by atoms with van der Waals surface area (Å²) in [7, 11) is 0. The number of hydrogen-bond acceptors (Lipinski definition) is 3. The molecule has 0 aliphatic rings. The van der Waals surface area contributed by atoms with Crippen LogP contribution >= 0.6 is 0 Å². The maximum atomic E-state index is 9.84. The molecule has 0 amide bonds. The molecule has 0 aliphatic heterocycles. The molecular formula is C15H22N2O. The molecule has 0 aromatic heterocycles. The molecule has 18 heavy (non-hydrogen) atoms. The third kappa shape index (κ3) is 3.48. The van der Waals surface area contributed by atoms with E-state index in [1.54, 1.807) is 13.0 Å². The summed E-state index contributed by atoms with van der Waals surface area (Å²) in [5.74, 6) is 0.539. The Morgan fingerprint density at radius 1 is 1.33 bits per heavy atom. The van der Waals surface area contributed by atoms with E-state index in [0.29, 0.717) is 11.5 Å². The third-order valence-electron chi connectivity index (χ3n) is 2.92. The zero-order chi connectivity index (χ0) is 13.7. The summed E-state index contributed by atoms with van der Waals surface area (Å²) in [4.78, 5) is 2.22. The monoisotopic (exact) mass is 246 g/mol. The second-order valence-corrected chi connectivity index (χ2v) is 4.99. The van der Waals surface area contributed by atoms with E-state index in [1.165, 1.54) is 0 Å². The number of benzene rings is 1. The van der Waals surface area contributed by atoms with Crippen molar-refractivity contribution in [1.82, 2.24) is 0 Å². The number of anilines is 1. The van der Waals surface area contributed by atoms with Gasteiger partial charge < -0.3 is 10.0 Å². The molecule has 98 valence electrons. The van der Waals surface area contributed by atoms with E-state index in [9.17, 15) is 5.11 Å². The van der Waals surface area contributed by atoms with Gasteiger partial charge in [0.25, 0.3) is 0 Å². The fraction of sp³-hybridized carbons (Fsp3) is 0.533. The van der Waals surface area contributed by atoms with E-state index in [1.807, 2.05) is 12.1 Å². The minimum absolute atomic E-state index is 0.519. The maximum absolute atomic E-state index is 9.84. The smallest absolute Gasteiger partial charge is 0.0992 e. The molecule has 1 aromatic rings. The van der Waals surface area contributed by atoms with Crippen molar-refractivity contribution in [3.8, 4) is 6.07 Å². The summed E-state index contributed by atoms with van der Waals surface area (Å²) < 4.78 is 0. The molecule has 1 N–H and O–H groups in total. The van der Waals surface area contributed by atoms with Crippen LogP contribution in [0.2, 0.25) is 0 Å². The van der Waals surface area contributed by atoms with Gasteiger partial charge in [-0.1, -0.05) is 19.9 Å². The van der Waals surface area contributed by atoms with Crippen LogP contribution in [0, 0.1) is 17.2 Å². The van der Waals surface area contributed by atoms with Gasteiger partial charge >= 0.3 is 0 Å². The first kappa shape index (κ1) is 14.5. The van der Waals surface area contributed by atoms with Crippen LogP contribution in [0.15, 0.2) is 18.2 Å². The number of aliphatic hydroxyl groups is 1. The number of nitrogens with zero attached hydrogens (tertiary/aromatic N) is 2. The summed E-state index contributed by atoms with van der Waals surface area (Å²) in [5, 5.41) is 18.8. The van der Waals surface area contributed by atoms with Gasteiger partial charge in [0.15, 0.2) is 0 Å². The van der Waals surface area contributed by atoms with E-state index in [2.05, 4.69) is 31.7 Å². The molecule has 0 spiro atoms. The Bertz CT molecular complexity index is 433. The average molecular weight is 246 g/mol. The van der Waals surface area contributed by atoms with E-state index < -0.39 is 6.10 Å². The van der Waals surface area contributed by atoms with E-state index in [-0.39, 0.29) is 0 Å². The molecule has 1 atom stereocenters. The zero-order valence-corrected chi connectivity index (χ0v) is 11.6. The van der Waals surface area contributed by atoms with E-state index in [0.717, 1.165) is 24.3 Å². The lowest BCUT2D eigenvalue weighted by Crippen LogP contribution is -2.28. The summed E-state index contributed by atoms with van der Waals surface area (Å²) in [6, 6.07) is 7.63. The first-order chi connectivity index (χ1) is 8.49. The molecule has 1 rings (SSSR count). The highest BCUT2D eigenvalue weighted by molar-refractivity contribution is 5.58. The third-order valence-corrected chi connectivity index (χ3v) is 2.92. The Balaban J connectivity index is 3.20. The number of nitriles is 1. The lowest BCUT2D eigenvalue weighted by Gasteiger charge is -2.28. The molecule has 1 aromatic carbocycles. The second kappa shape index (κ2) is 6.42. The topological polar surface area (TPSA) is 47.3 Å². The van der Waals surface area contributed by atoms with E-state index in [4.69, 9.17) is 5.26 Å². The van der Waals surface area contributed by atoms with Crippen LogP contribution in [-0.2, 0) is 0 Å². The maximum Gasteiger partial charge on any atom is 0.0992 e. The fourth-order valence-corrected chi connectivity index (χ4v) is 2.08. The highest BCUT2D eigenvalue weighted by Crippen LogP contribution is 2.28. The van der Waals surface area contributed by atoms with Gasteiger partial charge in [0.1, 0.15) is 0 Å². The quantitative estimate of drug-likeness (QED) is 0.868. The second-order valence-electron chi connectivity index (χ2n) is 4.99. The number of hydrogen-bond donors (Lipinski definition) is 1. The molecule has 0 fully saturated rings. The van der Waals surface area contributed by atoms with Gasteiger partial charge in [-0.05, 0) is 31.9 Å². The first-order valence-electron chi connectivity index (χ1n) is 6.46. The van der Waals surface area contributed by atoms with Crippen molar-refractivity contribution in [3.05, 3.63) is 29.3 Å². The SMILES string of the molecule is CCN(CC(C)C)c1cc(C#N)ccc1[C@@H](C)O. The lowest BCUT2D eigenvalue weighted by molar-refractivity contribution is 0.199. The van der Waals surface area contributed by atoms with Crippen LogP contribution in [0.3, 0.4) is 0 Å². The normalized spacial score (nSPS) is 12.3. The Labute approximate surface area is 110 Å². The largest absolute Gasteiger partial charge is 0.389 e. The predicted octanol–water partition coefficient (Wildman–Crippen LogP) is 3.09. The number of aliphatic hydroxyl groups excluding tert-OH is 1. The van der Waals surface area contributed by atoms with Gasteiger partial charge in [-0.15, -0.1) is 0 Å². The average Bonchev–Trinajstić information content (AvgIpc) is 2.34. The standard InChI is InChI=1S/C15H22N2O/c1-5-17(10-11(2)3)15-8-13(9-16)6-7-14(15)12(4)18/h6-8,11-12,18H,5,10H2,1-4H3/t12-/m1/s1. The van der Waals surface area contributed by atoms with Crippen molar-refractivity contribution in [3.63, 3.8) is 0 Å². The highest BCUT2D eigenvalue weighted by Gasteiger charge is 2.15. The Kier molecular flexibility index (Phi) is 5.18. The van der Waals surface area contributed by atoms with Gasteiger partial charge in [-0.2, -0.15) is 5.26 Å². The molecule has 0 radical (unpaired) electrons. The minimum atomic E-state index is -0.519. The fourth-order valence-electron chi connectivity index (χ4n) is 2.08. The molecule has 0 heterocycles.